The average molecular weight is 392 g/mol. The number of hydrogen-bond donors (Lipinski definition) is 2. The van der Waals surface area contributed by atoms with Crippen LogP contribution in [0.4, 0.5) is 33.1 Å². The van der Waals surface area contributed by atoms with Crippen LogP contribution < -0.4 is 15.5 Å². The van der Waals surface area contributed by atoms with Crippen LogP contribution in [0.2, 0.25) is 0 Å². The molecule has 0 unspecified atom stereocenters. The minimum absolute atomic E-state index is 0.322. The molecule has 4 rings (SSSR count). The molecule has 1 saturated heterocycles. The van der Waals surface area contributed by atoms with Crippen molar-refractivity contribution in [2.24, 2.45) is 0 Å². The zero-order valence-corrected chi connectivity index (χ0v) is 16.7. The summed E-state index contributed by atoms with van der Waals surface area (Å²) in [5.74, 6) is 1.48. The summed E-state index contributed by atoms with van der Waals surface area (Å²) in [6.07, 6.45) is 0. The van der Waals surface area contributed by atoms with Gasteiger partial charge in [0, 0.05) is 43.6 Å². The Labute approximate surface area is 170 Å². The van der Waals surface area contributed by atoms with Crippen LogP contribution in [-0.2, 0) is 0 Å². The molecular weight excluding hydrogens is 367 g/mol. The van der Waals surface area contributed by atoms with Gasteiger partial charge < -0.3 is 20.4 Å². The molecular formula is C22H25FN6. The van der Waals surface area contributed by atoms with E-state index in [9.17, 15) is 4.39 Å². The molecule has 2 heterocycles. The maximum absolute atomic E-state index is 13.9. The minimum atomic E-state index is -0.322. The fourth-order valence-corrected chi connectivity index (χ4v) is 3.36. The van der Waals surface area contributed by atoms with Gasteiger partial charge in [0.25, 0.3) is 0 Å². The number of hydrogen-bond acceptors (Lipinski definition) is 6. The highest BCUT2D eigenvalue weighted by Gasteiger charge is 2.14. The van der Waals surface area contributed by atoms with E-state index in [1.54, 1.807) is 24.3 Å². The normalized spacial score (nSPS) is 14.7. The fourth-order valence-electron chi connectivity index (χ4n) is 3.36. The number of nitrogens with one attached hydrogen (secondary N) is 2. The van der Waals surface area contributed by atoms with E-state index in [-0.39, 0.29) is 5.82 Å². The molecule has 2 N–H and O–H groups in total. The number of rotatable bonds is 5. The van der Waals surface area contributed by atoms with Crippen molar-refractivity contribution in [1.29, 1.82) is 0 Å². The monoisotopic (exact) mass is 392 g/mol. The van der Waals surface area contributed by atoms with Crippen molar-refractivity contribution < 1.29 is 4.39 Å². The molecule has 0 amide bonds. The molecule has 0 bridgehead atoms. The lowest BCUT2D eigenvalue weighted by molar-refractivity contribution is 0.313. The smallest absolute Gasteiger partial charge is 0.146 e. The van der Waals surface area contributed by atoms with Crippen LogP contribution in [0.3, 0.4) is 0 Å². The zero-order chi connectivity index (χ0) is 20.2. The van der Waals surface area contributed by atoms with Crippen LogP contribution in [0.5, 0.6) is 0 Å². The number of piperazine rings is 1. The maximum Gasteiger partial charge on any atom is 0.146 e. The number of nitrogens with zero attached hydrogens (tertiary/aromatic N) is 4. The Morgan fingerprint density at radius 1 is 0.862 bits per heavy atom. The Morgan fingerprint density at radius 2 is 1.52 bits per heavy atom. The van der Waals surface area contributed by atoms with Gasteiger partial charge in [0.05, 0.1) is 5.69 Å². The first-order valence-electron chi connectivity index (χ1n) is 9.75. The van der Waals surface area contributed by atoms with Crippen molar-refractivity contribution in [3.8, 4) is 0 Å². The van der Waals surface area contributed by atoms with Gasteiger partial charge in [-0.25, -0.2) is 14.4 Å². The van der Waals surface area contributed by atoms with E-state index in [4.69, 9.17) is 0 Å². The van der Waals surface area contributed by atoms with Gasteiger partial charge in [-0.15, -0.1) is 0 Å². The third-order valence-corrected chi connectivity index (χ3v) is 4.98. The SMILES string of the molecule is Cc1nc(Nc2ccc(N3CCN(C)CC3)cc2)cc(Nc2ccccc2F)n1. The summed E-state index contributed by atoms with van der Waals surface area (Å²) >= 11 is 0. The number of benzene rings is 2. The Bertz CT molecular complexity index is 967. The Morgan fingerprint density at radius 3 is 2.21 bits per heavy atom. The number of aryl methyl sites for hydroxylation is 1. The number of para-hydroxylation sites is 1. The minimum Gasteiger partial charge on any atom is -0.369 e. The molecule has 0 atom stereocenters. The lowest BCUT2D eigenvalue weighted by atomic mass is 10.2. The van der Waals surface area contributed by atoms with Gasteiger partial charge in [0.2, 0.25) is 0 Å². The predicted octanol–water partition coefficient (Wildman–Crippen LogP) is 4.16. The second-order valence-corrected chi connectivity index (χ2v) is 7.25. The summed E-state index contributed by atoms with van der Waals surface area (Å²) < 4.78 is 13.9. The second kappa shape index (κ2) is 8.45. The lowest BCUT2D eigenvalue weighted by Crippen LogP contribution is -2.44. The highest BCUT2D eigenvalue weighted by atomic mass is 19.1. The number of anilines is 5. The summed E-state index contributed by atoms with van der Waals surface area (Å²) in [4.78, 5) is 13.5. The molecule has 3 aromatic rings. The Kier molecular flexibility index (Phi) is 5.57. The second-order valence-electron chi connectivity index (χ2n) is 7.25. The highest BCUT2D eigenvalue weighted by molar-refractivity contribution is 5.65. The third-order valence-electron chi connectivity index (χ3n) is 4.98. The molecule has 0 aliphatic carbocycles. The fraction of sp³-hybridized carbons (Fsp3) is 0.273. The summed E-state index contributed by atoms with van der Waals surface area (Å²) in [6, 6.07) is 16.7. The topological polar surface area (TPSA) is 56.3 Å². The van der Waals surface area contributed by atoms with Gasteiger partial charge in [0.15, 0.2) is 0 Å². The van der Waals surface area contributed by atoms with E-state index in [1.165, 1.54) is 11.8 Å². The summed E-state index contributed by atoms with van der Waals surface area (Å²) in [5.41, 5.74) is 2.55. The van der Waals surface area contributed by atoms with E-state index in [0.717, 1.165) is 31.9 Å². The van der Waals surface area contributed by atoms with Crippen LogP contribution in [0.1, 0.15) is 5.82 Å². The molecule has 6 nitrogen and oxygen atoms in total. The number of halogens is 1. The molecule has 150 valence electrons. The van der Waals surface area contributed by atoms with Crippen molar-refractivity contribution >= 4 is 28.7 Å². The molecule has 0 spiro atoms. The Hall–Kier alpha value is -3.19. The predicted molar refractivity (Wildman–Crippen MR) is 116 cm³/mol. The quantitative estimate of drug-likeness (QED) is 0.680. The van der Waals surface area contributed by atoms with E-state index in [1.807, 2.05) is 6.92 Å². The summed E-state index contributed by atoms with van der Waals surface area (Å²) in [5, 5.41) is 6.33. The van der Waals surface area contributed by atoms with Gasteiger partial charge in [-0.3, -0.25) is 0 Å². The molecule has 0 radical (unpaired) electrons. The highest BCUT2D eigenvalue weighted by Crippen LogP contribution is 2.24. The van der Waals surface area contributed by atoms with Crippen molar-refractivity contribution in [2.45, 2.75) is 6.92 Å². The van der Waals surface area contributed by atoms with Crippen LogP contribution in [-0.4, -0.2) is 48.1 Å². The first-order chi connectivity index (χ1) is 14.1. The molecule has 2 aromatic carbocycles. The van der Waals surface area contributed by atoms with Crippen molar-refractivity contribution in [3.05, 3.63) is 66.2 Å². The van der Waals surface area contributed by atoms with Gasteiger partial charge in [-0.05, 0) is 50.4 Å². The number of likely N-dealkylation sites (N-methyl/N-ethyl adjacent to an activating group) is 1. The van der Waals surface area contributed by atoms with Crippen LogP contribution in [0, 0.1) is 12.7 Å². The van der Waals surface area contributed by atoms with Crippen molar-refractivity contribution in [1.82, 2.24) is 14.9 Å². The van der Waals surface area contributed by atoms with Gasteiger partial charge in [-0.1, -0.05) is 12.1 Å². The molecule has 7 heteroatoms. The summed E-state index contributed by atoms with van der Waals surface area (Å²) in [7, 11) is 2.16. The van der Waals surface area contributed by atoms with Crippen LogP contribution in [0.25, 0.3) is 0 Å². The Balaban J connectivity index is 1.46. The standard InChI is InChI=1S/C22H25FN6/c1-16-24-21(15-22(25-16)27-20-6-4-3-5-19(20)23)26-17-7-9-18(10-8-17)29-13-11-28(2)12-14-29/h3-10,15H,11-14H2,1-2H3,(H2,24,25,26,27). The van der Waals surface area contributed by atoms with E-state index in [2.05, 4.69) is 61.7 Å². The lowest BCUT2D eigenvalue weighted by Gasteiger charge is -2.34. The third kappa shape index (κ3) is 4.81. The average Bonchev–Trinajstić information content (AvgIpc) is 2.71. The molecule has 29 heavy (non-hydrogen) atoms. The zero-order valence-electron chi connectivity index (χ0n) is 16.7. The summed E-state index contributed by atoms with van der Waals surface area (Å²) in [6.45, 7) is 6.06. The van der Waals surface area contributed by atoms with E-state index < -0.39 is 0 Å². The van der Waals surface area contributed by atoms with Crippen LogP contribution >= 0.6 is 0 Å². The first kappa shape index (κ1) is 19.1. The van der Waals surface area contributed by atoms with Gasteiger partial charge >= 0.3 is 0 Å². The molecule has 1 aliphatic rings. The largest absolute Gasteiger partial charge is 0.369 e. The van der Waals surface area contributed by atoms with E-state index >= 15 is 0 Å². The molecule has 1 fully saturated rings. The molecule has 0 saturated carbocycles. The number of aromatic nitrogens is 2. The van der Waals surface area contributed by atoms with E-state index in [0.29, 0.717) is 23.1 Å². The van der Waals surface area contributed by atoms with Gasteiger partial charge in [-0.2, -0.15) is 0 Å². The van der Waals surface area contributed by atoms with Crippen molar-refractivity contribution in [3.63, 3.8) is 0 Å². The van der Waals surface area contributed by atoms with Crippen LogP contribution in [0.15, 0.2) is 54.6 Å². The molecule has 1 aliphatic heterocycles. The first-order valence-corrected chi connectivity index (χ1v) is 9.75. The van der Waals surface area contributed by atoms with Gasteiger partial charge in [0.1, 0.15) is 23.3 Å². The van der Waals surface area contributed by atoms with Crippen molar-refractivity contribution in [2.75, 3.05) is 48.8 Å². The molecule has 1 aromatic heterocycles. The maximum atomic E-state index is 13.9.